The molecule has 18 heavy (non-hydrogen) atoms. The molecule has 5 heteroatoms. The summed E-state index contributed by atoms with van der Waals surface area (Å²) in [5, 5.41) is 12.5. The smallest absolute Gasteiger partial charge is 0.322 e. The van der Waals surface area contributed by atoms with E-state index in [4.69, 9.17) is 0 Å². The summed E-state index contributed by atoms with van der Waals surface area (Å²) < 4.78 is 0. The van der Waals surface area contributed by atoms with Crippen molar-refractivity contribution in [2.45, 2.75) is 44.3 Å². The molecule has 0 aromatic heterocycles. The Morgan fingerprint density at radius 3 is 2.78 bits per heavy atom. The molecule has 0 amide bonds. The summed E-state index contributed by atoms with van der Waals surface area (Å²) in [6.45, 7) is 5.95. The van der Waals surface area contributed by atoms with Crippen molar-refractivity contribution in [3.05, 3.63) is 0 Å². The standard InChI is InChI=1S/C13H25N3O2/c1-10-8-15(2)6-3-7-16(10)9-12(13(17)18)14-11-4-5-11/h10-12,14H,3-9H2,1-2H3,(H,17,18). The maximum atomic E-state index is 11.3. The zero-order valence-corrected chi connectivity index (χ0v) is 11.4. The van der Waals surface area contributed by atoms with Gasteiger partial charge < -0.3 is 15.3 Å². The molecule has 0 aromatic carbocycles. The third-order valence-electron chi connectivity index (χ3n) is 3.91. The van der Waals surface area contributed by atoms with Gasteiger partial charge in [0.25, 0.3) is 0 Å². The zero-order valence-electron chi connectivity index (χ0n) is 11.4. The van der Waals surface area contributed by atoms with Gasteiger partial charge in [0.15, 0.2) is 0 Å². The van der Waals surface area contributed by atoms with Crippen LogP contribution in [0.2, 0.25) is 0 Å². The number of likely N-dealkylation sites (N-methyl/N-ethyl adjacent to an activating group) is 1. The Bertz CT molecular complexity index is 294. The molecule has 0 spiro atoms. The van der Waals surface area contributed by atoms with Crippen molar-refractivity contribution >= 4 is 5.97 Å². The Labute approximate surface area is 109 Å². The van der Waals surface area contributed by atoms with Crippen molar-refractivity contribution in [1.82, 2.24) is 15.1 Å². The van der Waals surface area contributed by atoms with E-state index < -0.39 is 12.0 Å². The molecule has 0 aromatic rings. The first-order valence-electron chi connectivity index (χ1n) is 6.97. The maximum Gasteiger partial charge on any atom is 0.322 e. The number of aliphatic carboxylic acids is 1. The van der Waals surface area contributed by atoms with Crippen LogP contribution in [0.1, 0.15) is 26.2 Å². The fourth-order valence-electron chi connectivity index (χ4n) is 2.66. The second-order valence-corrected chi connectivity index (χ2v) is 5.79. The first-order valence-corrected chi connectivity index (χ1v) is 6.97. The summed E-state index contributed by atoms with van der Waals surface area (Å²) >= 11 is 0. The topological polar surface area (TPSA) is 55.8 Å². The van der Waals surface area contributed by atoms with Crippen LogP contribution in [0.15, 0.2) is 0 Å². The monoisotopic (exact) mass is 255 g/mol. The maximum absolute atomic E-state index is 11.3. The molecule has 1 aliphatic heterocycles. The molecule has 104 valence electrons. The van der Waals surface area contributed by atoms with Gasteiger partial charge in [-0.05, 0) is 46.3 Å². The first-order chi connectivity index (χ1) is 8.56. The van der Waals surface area contributed by atoms with Crippen LogP contribution in [0.4, 0.5) is 0 Å². The number of carbonyl (C=O) groups is 1. The third-order valence-corrected chi connectivity index (χ3v) is 3.91. The summed E-state index contributed by atoms with van der Waals surface area (Å²) in [5.74, 6) is -0.716. The molecule has 1 aliphatic carbocycles. The van der Waals surface area contributed by atoms with Gasteiger partial charge in [0, 0.05) is 25.2 Å². The molecule has 1 saturated carbocycles. The molecule has 2 atom stereocenters. The largest absolute Gasteiger partial charge is 0.480 e. The molecule has 0 bridgehead atoms. The van der Waals surface area contributed by atoms with Gasteiger partial charge in [0.2, 0.25) is 0 Å². The highest BCUT2D eigenvalue weighted by molar-refractivity contribution is 5.73. The Kier molecular flexibility index (Phi) is 4.59. The SMILES string of the molecule is CC1CN(C)CCCN1CC(NC1CC1)C(=O)O. The lowest BCUT2D eigenvalue weighted by atomic mass is 10.2. The molecule has 1 heterocycles. The Morgan fingerprint density at radius 2 is 2.17 bits per heavy atom. The van der Waals surface area contributed by atoms with Crippen molar-refractivity contribution in [1.29, 1.82) is 0 Å². The molecular formula is C13H25N3O2. The van der Waals surface area contributed by atoms with E-state index in [2.05, 4.69) is 29.1 Å². The minimum absolute atomic E-state index is 0.414. The van der Waals surface area contributed by atoms with Crippen LogP contribution in [0.3, 0.4) is 0 Å². The quantitative estimate of drug-likeness (QED) is 0.736. The van der Waals surface area contributed by atoms with Crippen molar-refractivity contribution in [3.63, 3.8) is 0 Å². The second kappa shape index (κ2) is 5.99. The van der Waals surface area contributed by atoms with Gasteiger partial charge in [0.1, 0.15) is 6.04 Å². The summed E-state index contributed by atoms with van der Waals surface area (Å²) in [6, 6.07) is 0.458. The molecule has 5 nitrogen and oxygen atoms in total. The second-order valence-electron chi connectivity index (χ2n) is 5.79. The molecular weight excluding hydrogens is 230 g/mol. The number of hydrogen-bond acceptors (Lipinski definition) is 4. The van der Waals surface area contributed by atoms with Crippen LogP contribution in [0.5, 0.6) is 0 Å². The minimum atomic E-state index is -0.716. The zero-order chi connectivity index (χ0) is 13.1. The van der Waals surface area contributed by atoms with Crippen LogP contribution >= 0.6 is 0 Å². The van der Waals surface area contributed by atoms with Gasteiger partial charge in [-0.3, -0.25) is 9.69 Å². The van der Waals surface area contributed by atoms with Crippen molar-refractivity contribution in [2.75, 3.05) is 33.2 Å². The average Bonchev–Trinajstić information content (AvgIpc) is 3.09. The molecule has 2 unspecified atom stereocenters. The summed E-state index contributed by atoms with van der Waals surface area (Å²) in [7, 11) is 2.14. The minimum Gasteiger partial charge on any atom is -0.480 e. The predicted octanol–water partition coefficient (Wildman–Crippen LogP) is 0.218. The number of carboxylic acids is 1. The average molecular weight is 255 g/mol. The highest BCUT2D eigenvalue weighted by atomic mass is 16.4. The van der Waals surface area contributed by atoms with E-state index in [0.29, 0.717) is 18.6 Å². The lowest BCUT2D eigenvalue weighted by molar-refractivity contribution is -0.140. The lowest BCUT2D eigenvalue weighted by Crippen LogP contribution is -2.50. The molecule has 1 saturated heterocycles. The van der Waals surface area contributed by atoms with E-state index in [9.17, 15) is 9.90 Å². The molecule has 0 radical (unpaired) electrons. The first kappa shape index (κ1) is 13.8. The summed E-state index contributed by atoms with van der Waals surface area (Å²) in [6.07, 6.45) is 3.38. The molecule has 2 fully saturated rings. The van der Waals surface area contributed by atoms with Crippen molar-refractivity contribution in [3.8, 4) is 0 Å². The highest BCUT2D eigenvalue weighted by Crippen LogP contribution is 2.20. The lowest BCUT2D eigenvalue weighted by Gasteiger charge is -2.30. The third kappa shape index (κ3) is 3.93. The van der Waals surface area contributed by atoms with E-state index in [1.807, 2.05) is 0 Å². The number of hydrogen-bond donors (Lipinski definition) is 2. The number of carboxylic acid groups (broad SMARTS) is 1. The van der Waals surface area contributed by atoms with Gasteiger partial charge in [-0.1, -0.05) is 0 Å². The van der Waals surface area contributed by atoms with E-state index in [0.717, 1.165) is 38.9 Å². The molecule has 2 N–H and O–H groups in total. The van der Waals surface area contributed by atoms with Crippen LogP contribution in [0.25, 0.3) is 0 Å². The van der Waals surface area contributed by atoms with E-state index in [1.54, 1.807) is 0 Å². The van der Waals surface area contributed by atoms with Crippen LogP contribution in [0, 0.1) is 0 Å². The summed E-state index contributed by atoms with van der Waals surface area (Å²) in [5.41, 5.74) is 0. The normalized spacial score (nSPS) is 28.9. The summed E-state index contributed by atoms with van der Waals surface area (Å²) in [4.78, 5) is 15.9. The number of nitrogens with zero attached hydrogens (tertiary/aromatic N) is 2. The Morgan fingerprint density at radius 1 is 1.44 bits per heavy atom. The highest BCUT2D eigenvalue weighted by Gasteiger charge is 2.31. The van der Waals surface area contributed by atoms with E-state index in [-0.39, 0.29) is 0 Å². The predicted molar refractivity (Wildman–Crippen MR) is 70.7 cm³/mol. The molecule has 2 rings (SSSR count). The van der Waals surface area contributed by atoms with E-state index in [1.165, 1.54) is 0 Å². The van der Waals surface area contributed by atoms with Crippen LogP contribution in [-0.2, 0) is 4.79 Å². The van der Waals surface area contributed by atoms with Crippen molar-refractivity contribution < 1.29 is 9.90 Å². The number of rotatable bonds is 5. The fourth-order valence-corrected chi connectivity index (χ4v) is 2.66. The van der Waals surface area contributed by atoms with Crippen molar-refractivity contribution in [2.24, 2.45) is 0 Å². The molecule has 2 aliphatic rings. The van der Waals surface area contributed by atoms with Gasteiger partial charge in [-0.15, -0.1) is 0 Å². The fraction of sp³-hybridized carbons (Fsp3) is 0.923. The van der Waals surface area contributed by atoms with Gasteiger partial charge in [0.05, 0.1) is 0 Å². The number of nitrogens with one attached hydrogen (secondary N) is 1. The Hall–Kier alpha value is -0.650. The van der Waals surface area contributed by atoms with Gasteiger partial charge in [-0.2, -0.15) is 0 Å². The van der Waals surface area contributed by atoms with Gasteiger partial charge >= 0.3 is 5.97 Å². The Balaban J connectivity index is 1.89. The van der Waals surface area contributed by atoms with Crippen LogP contribution < -0.4 is 5.32 Å². The van der Waals surface area contributed by atoms with Gasteiger partial charge in [-0.25, -0.2) is 0 Å². The van der Waals surface area contributed by atoms with E-state index >= 15 is 0 Å². The van der Waals surface area contributed by atoms with Crippen LogP contribution in [-0.4, -0.2) is 72.2 Å².